The number of nitrogens with one attached hydrogen (secondary N) is 1. The van der Waals surface area contributed by atoms with Gasteiger partial charge in [-0.3, -0.25) is 4.79 Å². The predicted octanol–water partition coefficient (Wildman–Crippen LogP) is 7.08. The van der Waals surface area contributed by atoms with Crippen molar-refractivity contribution in [3.05, 3.63) is 82.0 Å². The highest BCUT2D eigenvalue weighted by molar-refractivity contribution is 7.21. The summed E-state index contributed by atoms with van der Waals surface area (Å²) >= 11 is 7.81. The standard InChI is InChI=1S/C29H28ClF2N3O2S/c1-33-19-9-11-20(12-10-19)35(29(36)27-26(30)25-22(31)6-3-7-24(25)38-27)16-18-15-17(8-13-23(18)37-2)21-5-4-14-34-28(21)32/h3-8,13-15,19-20,33H,9-12,16H2,1-2H3/t19-,20+. The molecule has 0 bridgehead atoms. The molecular weight excluding hydrogens is 528 g/mol. The second kappa shape index (κ2) is 11.4. The number of carbonyl (C=O) groups excluding carboxylic acids is 1. The van der Waals surface area contributed by atoms with E-state index in [2.05, 4.69) is 10.3 Å². The van der Waals surface area contributed by atoms with Crippen molar-refractivity contribution in [1.29, 1.82) is 0 Å². The summed E-state index contributed by atoms with van der Waals surface area (Å²) in [5.74, 6) is -0.672. The molecule has 1 amide bonds. The zero-order chi connectivity index (χ0) is 26.8. The fourth-order valence-electron chi connectivity index (χ4n) is 5.24. The van der Waals surface area contributed by atoms with Crippen LogP contribution in [0.5, 0.6) is 5.75 Å². The summed E-state index contributed by atoms with van der Waals surface area (Å²) in [6.45, 7) is 0.236. The van der Waals surface area contributed by atoms with E-state index in [1.807, 2.05) is 18.0 Å². The number of rotatable bonds is 7. The summed E-state index contributed by atoms with van der Waals surface area (Å²) in [7, 11) is 3.52. The van der Waals surface area contributed by atoms with E-state index in [1.165, 1.54) is 23.6 Å². The second-order valence-electron chi connectivity index (χ2n) is 9.45. The molecule has 4 aromatic rings. The Bertz CT molecular complexity index is 1470. The number of benzene rings is 2. The van der Waals surface area contributed by atoms with Crippen molar-refractivity contribution in [2.24, 2.45) is 0 Å². The number of pyridine rings is 1. The summed E-state index contributed by atoms with van der Waals surface area (Å²) in [6.07, 6.45) is 4.89. The summed E-state index contributed by atoms with van der Waals surface area (Å²) in [4.78, 5) is 20.0. The number of carbonyl (C=O) groups is 1. The van der Waals surface area contributed by atoms with Crippen LogP contribution in [-0.4, -0.2) is 42.0 Å². The van der Waals surface area contributed by atoms with Crippen molar-refractivity contribution in [3.8, 4) is 16.9 Å². The lowest BCUT2D eigenvalue weighted by Gasteiger charge is -2.37. The SMILES string of the molecule is CN[C@H]1CC[C@@H](N(Cc2cc(-c3cccnc3F)ccc2OC)C(=O)c2sc3cccc(F)c3c2Cl)CC1. The first-order valence-electron chi connectivity index (χ1n) is 12.5. The van der Waals surface area contributed by atoms with Crippen LogP contribution in [-0.2, 0) is 6.54 Å². The monoisotopic (exact) mass is 555 g/mol. The van der Waals surface area contributed by atoms with Gasteiger partial charge in [-0.1, -0.05) is 23.7 Å². The fourth-order valence-corrected chi connectivity index (χ4v) is 6.75. The number of halogens is 3. The largest absolute Gasteiger partial charge is 0.496 e. The molecule has 2 aromatic carbocycles. The molecule has 0 unspecified atom stereocenters. The smallest absolute Gasteiger partial charge is 0.266 e. The summed E-state index contributed by atoms with van der Waals surface area (Å²) in [6, 6.07) is 13.8. The summed E-state index contributed by atoms with van der Waals surface area (Å²) in [5, 5.41) is 3.74. The number of methoxy groups -OCH3 is 1. The molecule has 0 atom stereocenters. The molecule has 5 rings (SSSR count). The van der Waals surface area contributed by atoms with E-state index < -0.39 is 11.8 Å². The van der Waals surface area contributed by atoms with Crippen LogP contribution in [0.1, 0.15) is 40.9 Å². The molecule has 9 heteroatoms. The highest BCUT2D eigenvalue weighted by Crippen LogP contribution is 2.39. The van der Waals surface area contributed by atoms with E-state index in [1.54, 1.807) is 43.5 Å². The third-order valence-electron chi connectivity index (χ3n) is 7.30. The molecule has 0 saturated heterocycles. The number of hydrogen-bond donors (Lipinski definition) is 1. The molecule has 38 heavy (non-hydrogen) atoms. The zero-order valence-corrected chi connectivity index (χ0v) is 22.7. The van der Waals surface area contributed by atoms with Crippen LogP contribution in [0.2, 0.25) is 5.02 Å². The number of nitrogens with zero attached hydrogens (tertiary/aromatic N) is 2. The lowest BCUT2D eigenvalue weighted by molar-refractivity contribution is 0.0604. The normalized spacial score (nSPS) is 17.5. The third kappa shape index (κ3) is 5.13. The first-order valence-corrected chi connectivity index (χ1v) is 13.7. The quantitative estimate of drug-likeness (QED) is 0.248. The van der Waals surface area contributed by atoms with Gasteiger partial charge < -0.3 is 15.0 Å². The molecule has 0 spiro atoms. The van der Waals surface area contributed by atoms with Gasteiger partial charge in [0.15, 0.2) is 0 Å². The fraction of sp³-hybridized carbons (Fsp3) is 0.310. The number of ether oxygens (including phenoxy) is 1. The summed E-state index contributed by atoms with van der Waals surface area (Å²) in [5.41, 5.74) is 1.74. The molecule has 0 radical (unpaired) electrons. The molecule has 1 saturated carbocycles. The number of aromatic nitrogens is 1. The predicted molar refractivity (Wildman–Crippen MR) is 148 cm³/mol. The number of amides is 1. The van der Waals surface area contributed by atoms with Gasteiger partial charge in [0.1, 0.15) is 16.4 Å². The first-order chi connectivity index (χ1) is 18.4. The Morgan fingerprint density at radius 3 is 2.63 bits per heavy atom. The average molecular weight is 556 g/mol. The van der Waals surface area contributed by atoms with E-state index in [9.17, 15) is 13.6 Å². The topological polar surface area (TPSA) is 54.5 Å². The highest BCUT2D eigenvalue weighted by Gasteiger charge is 2.32. The average Bonchev–Trinajstić information content (AvgIpc) is 3.29. The Kier molecular flexibility index (Phi) is 7.93. The van der Waals surface area contributed by atoms with Gasteiger partial charge in [0.25, 0.3) is 5.91 Å². The van der Waals surface area contributed by atoms with Gasteiger partial charge >= 0.3 is 0 Å². The van der Waals surface area contributed by atoms with Crippen molar-refractivity contribution in [1.82, 2.24) is 15.2 Å². The molecule has 0 aliphatic heterocycles. The maximum absolute atomic E-state index is 14.6. The minimum Gasteiger partial charge on any atom is -0.496 e. The molecule has 198 valence electrons. The molecule has 1 aliphatic rings. The van der Waals surface area contributed by atoms with Crippen LogP contribution in [0.3, 0.4) is 0 Å². The molecule has 2 aromatic heterocycles. The Morgan fingerprint density at radius 2 is 1.95 bits per heavy atom. The van der Waals surface area contributed by atoms with Gasteiger partial charge in [0.05, 0.1) is 12.1 Å². The van der Waals surface area contributed by atoms with E-state index in [-0.39, 0.29) is 28.9 Å². The van der Waals surface area contributed by atoms with Crippen molar-refractivity contribution < 1.29 is 18.3 Å². The van der Waals surface area contributed by atoms with Crippen LogP contribution in [0.25, 0.3) is 21.2 Å². The maximum atomic E-state index is 14.6. The lowest BCUT2D eigenvalue weighted by atomic mass is 9.89. The van der Waals surface area contributed by atoms with Gasteiger partial charge in [-0.15, -0.1) is 11.3 Å². The van der Waals surface area contributed by atoms with Crippen LogP contribution in [0, 0.1) is 11.8 Å². The van der Waals surface area contributed by atoms with Gasteiger partial charge in [-0.05, 0) is 74.7 Å². The minimum atomic E-state index is -0.568. The molecule has 1 fully saturated rings. The van der Waals surface area contributed by atoms with Gasteiger partial charge in [0, 0.05) is 46.0 Å². The molecular formula is C29H28ClF2N3O2S. The van der Waals surface area contributed by atoms with Gasteiger partial charge in [-0.25, -0.2) is 9.37 Å². The van der Waals surface area contributed by atoms with Crippen molar-refractivity contribution in [2.75, 3.05) is 14.2 Å². The van der Waals surface area contributed by atoms with Crippen molar-refractivity contribution in [2.45, 2.75) is 44.3 Å². The molecule has 2 heterocycles. The Balaban J connectivity index is 1.55. The minimum absolute atomic E-state index is 0.0401. The first kappa shape index (κ1) is 26.5. The molecule has 1 aliphatic carbocycles. The Labute approximate surface area is 229 Å². The van der Waals surface area contributed by atoms with Crippen LogP contribution in [0.15, 0.2) is 54.7 Å². The Morgan fingerprint density at radius 1 is 1.16 bits per heavy atom. The molecule has 1 N–H and O–H groups in total. The van der Waals surface area contributed by atoms with E-state index in [0.717, 1.165) is 31.2 Å². The molecule has 5 nitrogen and oxygen atoms in total. The van der Waals surface area contributed by atoms with E-state index in [0.29, 0.717) is 32.5 Å². The van der Waals surface area contributed by atoms with Gasteiger partial charge in [0.2, 0.25) is 5.95 Å². The number of thiophene rings is 1. The summed E-state index contributed by atoms with van der Waals surface area (Å²) < 4.78 is 35.3. The van der Waals surface area contributed by atoms with Crippen LogP contribution in [0.4, 0.5) is 8.78 Å². The van der Waals surface area contributed by atoms with Crippen molar-refractivity contribution >= 4 is 38.9 Å². The highest BCUT2D eigenvalue weighted by atomic mass is 35.5. The van der Waals surface area contributed by atoms with E-state index >= 15 is 0 Å². The number of hydrogen-bond acceptors (Lipinski definition) is 5. The zero-order valence-electron chi connectivity index (χ0n) is 21.1. The maximum Gasteiger partial charge on any atom is 0.266 e. The van der Waals surface area contributed by atoms with Crippen molar-refractivity contribution in [3.63, 3.8) is 0 Å². The second-order valence-corrected chi connectivity index (χ2v) is 10.9. The third-order valence-corrected chi connectivity index (χ3v) is 8.93. The lowest BCUT2D eigenvalue weighted by Crippen LogP contribution is -2.44. The number of fused-ring (bicyclic) bond motifs is 1. The van der Waals surface area contributed by atoms with Crippen LogP contribution >= 0.6 is 22.9 Å². The Hall–Kier alpha value is -3.07. The van der Waals surface area contributed by atoms with Crippen LogP contribution < -0.4 is 10.1 Å². The van der Waals surface area contributed by atoms with Gasteiger partial charge in [-0.2, -0.15) is 4.39 Å². The van der Waals surface area contributed by atoms with E-state index in [4.69, 9.17) is 16.3 Å².